The number of nitrogens with zero attached hydrogens (tertiary/aromatic N) is 6. The zero-order valence-corrected chi connectivity index (χ0v) is 86.2. The van der Waals surface area contributed by atoms with Gasteiger partial charge in [-0.1, -0.05) is 385 Å². The SMILES string of the molecule is [2H]c1c([2H])c([2H])c(N(c2ccccc2)c2ccc3c(c2)c2c([2H])c(-n4c5ccc(C(C)(C)C)cc5c5cc(C(C)(C)C)ccc54)c([2H])c([2H])c2n3Cc2cc3c4c(c2)N(Cc2c(-c5ccccc5)cccc2-c2ccccc2)c2cc(Cn5c6ccc(C(C)(C)C)cc6c6cc(C(C)(C)C)ccc65)ccc2B4c2ccc(Cc4cc(C(C)(C)C)cc(C(C)(C)C)c4)cc2N3Cc2c(-c3ccccc3)cccc2-c2ccccc2)c([2H])c1[2H]. The fourth-order valence-corrected chi connectivity index (χ4v) is 22.6. The number of rotatable bonds is 18. The first-order valence-electron chi connectivity index (χ1n) is 55.2. The molecule has 18 aromatic carbocycles. The van der Waals surface area contributed by atoms with Crippen LogP contribution >= 0.6 is 0 Å². The second-order valence-corrected chi connectivity index (χ2v) is 46.4. The highest BCUT2D eigenvalue weighted by Crippen LogP contribution is 2.50. The number of benzene rings is 18. The first kappa shape index (κ1) is 83.4. The molecule has 0 radical (unpaired) electrons. The summed E-state index contributed by atoms with van der Waals surface area (Å²) in [6.07, 6.45) is 0.657. The van der Waals surface area contributed by atoms with Crippen LogP contribution in [0.5, 0.6) is 0 Å². The van der Waals surface area contributed by atoms with E-state index in [1.165, 1.54) is 60.6 Å². The van der Waals surface area contributed by atoms with Crippen molar-refractivity contribution in [3.8, 4) is 50.2 Å². The van der Waals surface area contributed by atoms with Crippen LogP contribution in [-0.2, 0) is 65.1 Å². The molecule has 2 aliphatic heterocycles. The number of anilines is 7. The predicted octanol–water partition coefficient (Wildman–Crippen LogP) is 34.4. The summed E-state index contributed by atoms with van der Waals surface area (Å²) in [5.41, 5.74) is 35.6. The van der Waals surface area contributed by atoms with Crippen LogP contribution in [0.25, 0.3) is 116 Å². The van der Waals surface area contributed by atoms with Crippen LogP contribution in [0.15, 0.2) is 394 Å². The first-order valence-corrected chi connectivity index (χ1v) is 51.2. The molecule has 0 saturated heterocycles. The van der Waals surface area contributed by atoms with Crippen LogP contribution in [0.3, 0.4) is 0 Å². The van der Waals surface area contributed by atoms with Crippen LogP contribution in [0, 0.1) is 0 Å². The molecule has 0 spiro atoms. The second-order valence-electron chi connectivity index (χ2n) is 46.4. The van der Waals surface area contributed by atoms with Crippen molar-refractivity contribution in [1.82, 2.24) is 13.7 Å². The molecule has 144 heavy (non-hydrogen) atoms. The molecule has 0 amide bonds. The molecule has 23 rings (SSSR count). The molecule has 21 aromatic rings. The Morgan fingerprint density at radius 3 is 1.06 bits per heavy atom. The van der Waals surface area contributed by atoms with E-state index in [1.54, 1.807) is 4.90 Å². The Bertz CT molecular complexity index is 8800. The molecule has 0 bridgehead atoms. The highest BCUT2D eigenvalue weighted by atomic mass is 15.2. The zero-order valence-electron chi connectivity index (χ0n) is 94.2. The summed E-state index contributed by atoms with van der Waals surface area (Å²) in [5, 5.41) is 5.38. The van der Waals surface area contributed by atoms with Gasteiger partial charge in [0.2, 0.25) is 0 Å². The van der Waals surface area contributed by atoms with Crippen molar-refractivity contribution in [2.45, 2.75) is 190 Å². The minimum Gasteiger partial charge on any atom is -0.338 e. The third kappa shape index (κ3) is 16.9. The lowest BCUT2D eigenvalue weighted by Crippen LogP contribution is -2.62. The first-order chi connectivity index (χ1) is 72.5. The van der Waals surface area contributed by atoms with Gasteiger partial charge >= 0.3 is 0 Å². The van der Waals surface area contributed by atoms with Crippen LogP contribution in [-0.4, -0.2) is 20.4 Å². The number of fused-ring (bicyclic) bond motifs is 13. The van der Waals surface area contributed by atoms with Gasteiger partial charge in [0.05, 0.1) is 22.0 Å². The maximum absolute atomic E-state index is 11.5. The van der Waals surface area contributed by atoms with Crippen molar-refractivity contribution in [1.29, 1.82) is 0 Å². The van der Waals surface area contributed by atoms with Gasteiger partial charge in [0.25, 0.3) is 6.71 Å². The summed E-state index contributed by atoms with van der Waals surface area (Å²) < 4.78 is 87.9. The maximum Gasteiger partial charge on any atom is 0.252 e. The molecule has 6 nitrogen and oxygen atoms in total. The summed E-state index contributed by atoms with van der Waals surface area (Å²) in [4.78, 5) is 7.05. The van der Waals surface area contributed by atoms with E-state index < -0.39 is 18.1 Å². The largest absolute Gasteiger partial charge is 0.338 e. The van der Waals surface area contributed by atoms with Crippen LogP contribution in [0.1, 0.15) is 202 Å². The molecule has 0 unspecified atom stereocenters. The number of para-hydroxylation sites is 2. The van der Waals surface area contributed by atoms with Gasteiger partial charge in [0, 0.05) is 126 Å². The van der Waals surface area contributed by atoms with E-state index in [0.717, 1.165) is 133 Å². The van der Waals surface area contributed by atoms with Gasteiger partial charge in [0.1, 0.15) is 0 Å². The Morgan fingerprint density at radius 1 is 0.257 bits per heavy atom. The monoisotopic (exact) mass is 1880 g/mol. The van der Waals surface area contributed by atoms with Crippen molar-refractivity contribution in [3.63, 3.8) is 0 Å². The lowest BCUT2D eigenvalue weighted by atomic mass is 9.33. The van der Waals surface area contributed by atoms with Crippen molar-refractivity contribution in [2.24, 2.45) is 0 Å². The fraction of sp³-hybridized carbons (Fsp3) is 0.212. The Labute approximate surface area is 862 Å². The van der Waals surface area contributed by atoms with Crippen molar-refractivity contribution in [3.05, 3.63) is 461 Å². The lowest BCUT2D eigenvalue weighted by molar-refractivity contribution is 0.567. The summed E-state index contributed by atoms with van der Waals surface area (Å²) >= 11 is 0. The van der Waals surface area contributed by atoms with Gasteiger partial charge in [0.15, 0.2) is 0 Å². The minimum atomic E-state index is -0.512. The Morgan fingerprint density at radius 2 is 0.625 bits per heavy atom. The van der Waals surface area contributed by atoms with Gasteiger partial charge in [-0.05, 0) is 300 Å². The zero-order chi connectivity index (χ0) is 106. The third-order valence-electron chi connectivity index (χ3n) is 30.5. The number of hydrogen-bond donors (Lipinski definition) is 0. The summed E-state index contributed by atoms with van der Waals surface area (Å²) in [6, 6.07) is 124. The molecule has 3 aromatic heterocycles. The molecule has 5 heterocycles. The molecule has 7 heteroatoms. The molecular weight excluding hydrogens is 1740 g/mol. The van der Waals surface area contributed by atoms with Crippen LogP contribution in [0.4, 0.5) is 39.8 Å². The lowest BCUT2D eigenvalue weighted by Gasteiger charge is -2.45. The topological polar surface area (TPSA) is 24.5 Å². The highest BCUT2D eigenvalue weighted by molar-refractivity contribution is 7.00. The molecule has 0 atom stereocenters. The molecular formula is C137H129BN6. The smallest absolute Gasteiger partial charge is 0.252 e. The van der Waals surface area contributed by atoms with E-state index in [9.17, 15) is 9.60 Å². The average molecular weight is 1880 g/mol. The summed E-state index contributed by atoms with van der Waals surface area (Å²) in [7, 11) is 0. The van der Waals surface area contributed by atoms with Crippen LogP contribution < -0.4 is 31.1 Å². The van der Waals surface area contributed by atoms with Gasteiger partial charge in [-0.2, -0.15) is 0 Å². The quantitative estimate of drug-likeness (QED) is 0.0801. The summed E-state index contributed by atoms with van der Waals surface area (Å²) in [5.74, 6) is 0. The van der Waals surface area contributed by atoms with Gasteiger partial charge in [-0.3, -0.25) is 0 Å². The molecule has 0 N–H and O–H groups in total. The average Bonchev–Trinajstić information content (AvgIpc) is 1.10. The Hall–Kier alpha value is -15.2. The molecule has 2 aliphatic rings. The van der Waals surface area contributed by atoms with E-state index in [-0.39, 0.29) is 87.3 Å². The predicted molar refractivity (Wildman–Crippen MR) is 618 cm³/mol. The van der Waals surface area contributed by atoms with Crippen molar-refractivity contribution in [2.75, 3.05) is 14.7 Å². The summed E-state index contributed by atoms with van der Waals surface area (Å²) in [6.45, 7) is 42.2. The van der Waals surface area contributed by atoms with E-state index in [0.29, 0.717) is 59.2 Å². The van der Waals surface area contributed by atoms with Crippen LogP contribution in [0.2, 0.25) is 0 Å². The second kappa shape index (κ2) is 35.5. The number of aromatic nitrogens is 3. The molecule has 0 aliphatic carbocycles. The molecule has 0 fully saturated rings. The maximum atomic E-state index is 11.5. The Kier molecular flexibility index (Phi) is 20.5. The van der Waals surface area contributed by atoms with E-state index in [2.05, 4.69) is 445 Å². The molecule has 710 valence electrons. The van der Waals surface area contributed by atoms with Gasteiger partial charge in [-0.15, -0.1) is 0 Å². The third-order valence-corrected chi connectivity index (χ3v) is 30.5. The van der Waals surface area contributed by atoms with E-state index >= 15 is 0 Å². The normalized spacial score (nSPS) is 13.8. The highest BCUT2D eigenvalue weighted by Gasteiger charge is 2.45. The van der Waals surface area contributed by atoms with Gasteiger partial charge in [-0.25, -0.2) is 0 Å². The van der Waals surface area contributed by atoms with E-state index in [1.807, 2.05) is 48.5 Å². The minimum absolute atomic E-state index is 0.0257. The Balaban J connectivity index is 0.846. The standard InChI is InChI=1S/C137H129BN6/c1-132(2,3)97-57-65-121-111(79-97)112-80-98(133(4,5)6)58-66-122(112)139(121)85-90-56-64-120-128(75-90)142(88-118-109(95-43-29-21-30-44-95)53-38-54-110(118)96-45-31-22-32-46-96)130-77-92(76-129-131(130)138(120)119-63-55-89(71-91-72-101(136(13,14)15)78-102(73-91)137(16,17)18)74-127(119)141(129)87-117-107(93-39-25-19-26-40-93)51-37-52-108(117)94-41-27-20-28-42-94)86-140-123-69-61-105(143(103-47-33-23-34-48-103)104-49-35-24-36-50-104)83-115(123)116-84-106(62-70-124(116)140)144-125-67-59-99(134(7,8)9)81-113(125)114-82-100(135(10,11)12)60-68-126(114)144/h19-70,72-84H,71,85-88H2,1-18H3/i23D,33D,34D,47D,48D,62D,70D,84D. The van der Waals surface area contributed by atoms with Crippen molar-refractivity contribution < 1.29 is 11.0 Å². The van der Waals surface area contributed by atoms with Gasteiger partial charge < -0.3 is 28.4 Å². The van der Waals surface area contributed by atoms with Crippen molar-refractivity contribution >= 4 is 128 Å². The van der Waals surface area contributed by atoms with E-state index in [4.69, 9.17) is 1.37 Å². The fourth-order valence-electron chi connectivity index (χ4n) is 22.6. The molecule has 0 saturated carbocycles. The number of hydrogen-bond acceptors (Lipinski definition) is 3.